The first kappa shape index (κ1) is 17.0. The van der Waals surface area contributed by atoms with Gasteiger partial charge in [0.25, 0.3) is 0 Å². The molecule has 2 aromatic rings. The van der Waals surface area contributed by atoms with Gasteiger partial charge in [0.15, 0.2) is 0 Å². The zero-order valence-corrected chi connectivity index (χ0v) is 16.7. The smallest absolute Gasteiger partial charge is 0.0316 e. The van der Waals surface area contributed by atoms with Crippen molar-refractivity contribution >= 4 is 22.6 Å². The first-order chi connectivity index (χ1) is 11.0. The van der Waals surface area contributed by atoms with Crippen LogP contribution >= 0.6 is 22.6 Å². The molecule has 0 heterocycles. The maximum absolute atomic E-state index is 3.36. The van der Waals surface area contributed by atoms with Crippen LogP contribution in [0.4, 0.5) is 0 Å². The van der Waals surface area contributed by atoms with Crippen molar-refractivity contribution in [3.63, 3.8) is 0 Å². The molecule has 2 aromatic carbocycles. The van der Waals surface area contributed by atoms with E-state index in [1.54, 1.807) is 0 Å². The van der Waals surface area contributed by atoms with Crippen LogP contribution in [-0.2, 0) is 5.41 Å². The van der Waals surface area contributed by atoms with E-state index in [4.69, 9.17) is 0 Å². The summed E-state index contributed by atoms with van der Waals surface area (Å²) in [7, 11) is 2.05. The third-order valence-electron chi connectivity index (χ3n) is 5.24. The van der Waals surface area contributed by atoms with Crippen molar-refractivity contribution in [2.75, 3.05) is 18.0 Å². The normalized spacial score (nSPS) is 19.0. The number of nitrogens with one attached hydrogen (secondary N) is 1. The van der Waals surface area contributed by atoms with Gasteiger partial charge < -0.3 is 5.32 Å². The Bertz CT molecular complexity index is 720. The van der Waals surface area contributed by atoms with E-state index < -0.39 is 0 Å². The zero-order chi connectivity index (χ0) is 16.6. The molecule has 0 radical (unpaired) electrons. The van der Waals surface area contributed by atoms with Crippen LogP contribution in [0.1, 0.15) is 48.4 Å². The average Bonchev–Trinajstić information content (AvgIpc) is 2.82. The van der Waals surface area contributed by atoms with Gasteiger partial charge in [-0.25, -0.2) is 0 Å². The van der Waals surface area contributed by atoms with Gasteiger partial charge in [0.2, 0.25) is 0 Å². The number of benzene rings is 2. The highest BCUT2D eigenvalue weighted by Crippen LogP contribution is 2.52. The molecule has 1 aliphatic carbocycles. The zero-order valence-electron chi connectivity index (χ0n) is 14.5. The Kier molecular flexibility index (Phi) is 4.84. The number of rotatable bonds is 5. The van der Waals surface area contributed by atoms with Gasteiger partial charge in [0.1, 0.15) is 0 Å². The third-order valence-corrected chi connectivity index (χ3v) is 6.54. The molecule has 0 amide bonds. The quantitative estimate of drug-likeness (QED) is 0.504. The predicted molar refractivity (Wildman–Crippen MR) is 109 cm³/mol. The second-order valence-corrected chi connectivity index (χ2v) is 7.84. The first-order valence-electron chi connectivity index (χ1n) is 8.50. The average molecular weight is 419 g/mol. The van der Waals surface area contributed by atoms with Gasteiger partial charge in [-0.3, -0.25) is 0 Å². The molecule has 0 saturated heterocycles. The summed E-state index contributed by atoms with van der Waals surface area (Å²) in [6.07, 6.45) is 1.15. The van der Waals surface area contributed by atoms with Crippen molar-refractivity contribution < 1.29 is 0 Å². The highest BCUT2D eigenvalue weighted by atomic mass is 127. The second-order valence-electron chi connectivity index (χ2n) is 7.08. The first-order valence-corrected chi connectivity index (χ1v) is 10.0. The summed E-state index contributed by atoms with van der Waals surface area (Å²) in [6.45, 7) is 7.82. The Morgan fingerprint density at radius 2 is 1.70 bits per heavy atom. The molecule has 122 valence electrons. The Hall–Kier alpha value is -0.870. The van der Waals surface area contributed by atoms with Gasteiger partial charge in [0, 0.05) is 9.84 Å². The molecule has 23 heavy (non-hydrogen) atoms. The van der Waals surface area contributed by atoms with Crippen molar-refractivity contribution in [1.29, 1.82) is 0 Å². The molecule has 0 aliphatic heterocycles. The van der Waals surface area contributed by atoms with E-state index in [-0.39, 0.29) is 5.41 Å². The highest BCUT2D eigenvalue weighted by molar-refractivity contribution is 14.1. The predicted octanol–water partition coefficient (Wildman–Crippen LogP) is 5.43. The van der Waals surface area contributed by atoms with Gasteiger partial charge in [-0.15, -0.1) is 0 Å². The minimum Gasteiger partial charge on any atom is -0.320 e. The lowest BCUT2D eigenvalue weighted by atomic mass is 9.76. The van der Waals surface area contributed by atoms with Crippen molar-refractivity contribution in [2.24, 2.45) is 0 Å². The molecule has 1 atom stereocenters. The maximum Gasteiger partial charge on any atom is 0.0316 e. The lowest BCUT2D eigenvalue weighted by Gasteiger charge is -2.31. The molecule has 0 bridgehead atoms. The van der Waals surface area contributed by atoms with Crippen molar-refractivity contribution in [1.82, 2.24) is 5.32 Å². The molecular weight excluding hydrogens is 393 g/mol. The molecule has 0 spiro atoms. The fraction of sp³-hybridized carbons (Fsp3) is 0.429. The van der Waals surface area contributed by atoms with Crippen LogP contribution in [0.25, 0.3) is 11.1 Å². The number of alkyl halides is 1. The summed E-state index contributed by atoms with van der Waals surface area (Å²) >= 11 is 2.59. The standard InChI is InChI=1S/C21H26IN/c1-14(2)16-6-8-18-17-7-5-15(3)11-19(17)21(13-22,9-10-23-4)20(18)12-16/h5-8,11-12,14,23H,9-10,13H2,1-4H3. The Labute approximate surface area is 154 Å². The lowest BCUT2D eigenvalue weighted by Crippen LogP contribution is -2.31. The summed E-state index contributed by atoms with van der Waals surface area (Å²) in [5.74, 6) is 0.571. The number of fused-ring (bicyclic) bond motifs is 3. The van der Waals surface area contributed by atoms with Crippen molar-refractivity contribution in [3.8, 4) is 11.1 Å². The van der Waals surface area contributed by atoms with Gasteiger partial charge in [0.05, 0.1) is 0 Å². The van der Waals surface area contributed by atoms with E-state index in [0.29, 0.717) is 5.92 Å². The molecule has 1 N–H and O–H groups in total. The number of halogens is 1. The fourth-order valence-electron chi connectivity index (χ4n) is 3.80. The lowest BCUT2D eigenvalue weighted by molar-refractivity contribution is 0.529. The monoisotopic (exact) mass is 419 g/mol. The molecule has 0 saturated carbocycles. The summed E-state index contributed by atoms with van der Waals surface area (Å²) in [5.41, 5.74) is 8.90. The minimum atomic E-state index is 0.144. The van der Waals surface area contributed by atoms with Crippen LogP contribution in [0.15, 0.2) is 36.4 Å². The van der Waals surface area contributed by atoms with Gasteiger partial charge in [-0.1, -0.05) is 78.4 Å². The number of hydrogen-bond acceptors (Lipinski definition) is 1. The van der Waals surface area contributed by atoms with E-state index in [2.05, 4.69) is 92.1 Å². The van der Waals surface area contributed by atoms with Gasteiger partial charge >= 0.3 is 0 Å². The summed E-state index contributed by atoms with van der Waals surface area (Å²) < 4.78 is 1.12. The van der Waals surface area contributed by atoms with Crippen LogP contribution < -0.4 is 5.32 Å². The van der Waals surface area contributed by atoms with Gasteiger partial charge in [-0.05, 0) is 60.7 Å². The molecule has 1 nitrogen and oxygen atoms in total. The number of aryl methyl sites for hydroxylation is 1. The molecular formula is C21H26IN. The van der Waals surface area contributed by atoms with Crippen LogP contribution in [0.5, 0.6) is 0 Å². The van der Waals surface area contributed by atoms with Crippen molar-refractivity contribution in [2.45, 2.75) is 38.5 Å². The van der Waals surface area contributed by atoms with Crippen molar-refractivity contribution in [3.05, 3.63) is 58.7 Å². The SMILES string of the molecule is CNCCC1(CI)c2cc(C)ccc2-c2ccc(C(C)C)cc21. The Morgan fingerprint density at radius 3 is 2.30 bits per heavy atom. The molecule has 3 rings (SSSR count). The fourth-order valence-corrected chi connectivity index (χ4v) is 5.01. The summed E-state index contributed by atoms with van der Waals surface area (Å²) in [5, 5.41) is 3.36. The summed E-state index contributed by atoms with van der Waals surface area (Å²) in [6, 6.07) is 14.1. The van der Waals surface area contributed by atoms with E-state index >= 15 is 0 Å². The number of hydrogen-bond donors (Lipinski definition) is 1. The van der Waals surface area contributed by atoms with Crippen LogP contribution in [0.2, 0.25) is 0 Å². The largest absolute Gasteiger partial charge is 0.320 e. The molecule has 1 unspecified atom stereocenters. The topological polar surface area (TPSA) is 12.0 Å². The molecule has 0 aromatic heterocycles. The highest BCUT2D eigenvalue weighted by Gasteiger charge is 2.42. The van der Waals surface area contributed by atoms with Crippen LogP contribution in [0, 0.1) is 6.92 Å². The van der Waals surface area contributed by atoms with Crippen LogP contribution in [0.3, 0.4) is 0 Å². The molecule has 2 heteroatoms. The Morgan fingerprint density at radius 1 is 1.04 bits per heavy atom. The van der Waals surface area contributed by atoms with Crippen LogP contribution in [-0.4, -0.2) is 18.0 Å². The van der Waals surface area contributed by atoms with E-state index in [0.717, 1.165) is 17.4 Å². The summed E-state index contributed by atoms with van der Waals surface area (Å²) in [4.78, 5) is 0. The third kappa shape index (κ3) is 2.74. The van der Waals surface area contributed by atoms with E-state index in [1.807, 2.05) is 0 Å². The molecule has 1 aliphatic rings. The minimum absolute atomic E-state index is 0.144. The van der Waals surface area contributed by atoms with E-state index in [9.17, 15) is 0 Å². The second kappa shape index (κ2) is 6.56. The maximum atomic E-state index is 3.36. The van der Waals surface area contributed by atoms with Gasteiger partial charge in [-0.2, -0.15) is 0 Å². The van der Waals surface area contributed by atoms with E-state index in [1.165, 1.54) is 33.4 Å². The Balaban J connectivity index is 2.26. The molecule has 0 fully saturated rings.